The first-order chi connectivity index (χ1) is 14.8. The zero-order chi connectivity index (χ0) is 22.5. The van der Waals surface area contributed by atoms with Gasteiger partial charge in [-0.05, 0) is 31.2 Å². The molecule has 2 aromatic carbocycles. The van der Waals surface area contributed by atoms with Crippen molar-refractivity contribution in [2.24, 2.45) is 0 Å². The van der Waals surface area contributed by atoms with Crippen molar-refractivity contribution in [1.29, 1.82) is 0 Å². The molecule has 0 radical (unpaired) electrons. The van der Waals surface area contributed by atoms with Gasteiger partial charge in [0.1, 0.15) is 11.6 Å². The summed E-state index contributed by atoms with van der Waals surface area (Å²) in [6, 6.07) is 14.8. The number of anilines is 2. The number of carbonyl (C=O) groups excluding carboxylic acids is 1. The van der Waals surface area contributed by atoms with Gasteiger partial charge in [0, 0.05) is 12.6 Å². The van der Waals surface area contributed by atoms with Crippen LogP contribution in [0.3, 0.4) is 0 Å². The van der Waals surface area contributed by atoms with Crippen molar-refractivity contribution >= 4 is 40.1 Å². The molecule has 0 saturated carbocycles. The average Bonchev–Trinajstić information content (AvgIpc) is 2.74. The van der Waals surface area contributed by atoms with E-state index in [-0.39, 0.29) is 23.1 Å². The van der Waals surface area contributed by atoms with E-state index in [4.69, 9.17) is 23.1 Å². The third-order valence-corrected chi connectivity index (χ3v) is 4.78. The van der Waals surface area contributed by atoms with Gasteiger partial charge in [-0.25, -0.2) is 9.97 Å². The van der Waals surface area contributed by atoms with Crippen molar-refractivity contribution in [3.63, 3.8) is 0 Å². The third kappa shape index (κ3) is 4.70. The Bertz CT molecular complexity index is 1300. The number of carbonyl (C=O) groups is 1. The summed E-state index contributed by atoms with van der Waals surface area (Å²) in [5.74, 6) is 0.774. The predicted molar refractivity (Wildman–Crippen MR) is 123 cm³/mol. The lowest BCUT2D eigenvalue weighted by Crippen LogP contribution is -2.23. The first-order valence-corrected chi connectivity index (χ1v) is 9.85. The monoisotopic (exact) mass is 436 g/mol. The summed E-state index contributed by atoms with van der Waals surface area (Å²) in [6.45, 7) is 3.38. The van der Waals surface area contributed by atoms with E-state index >= 15 is 0 Å². The van der Waals surface area contributed by atoms with Crippen LogP contribution in [0.15, 0.2) is 59.5 Å². The van der Waals surface area contributed by atoms with E-state index in [1.54, 1.807) is 10.6 Å². The number of para-hydroxylation sites is 1. The van der Waals surface area contributed by atoms with Gasteiger partial charge in [0.05, 0.1) is 27.2 Å². The maximum absolute atomic E-state index is 12.8. The maximum Gasteiger partial charge on any atom is 0.267 e. The summed E-state index contributed by atoms with van der Waals surface area (Å²) >= 11 is 6.16. The van der Waals surface area contributed by atoms with E-state index < -0.39 is 0 Å². The zero-order valence-corrected chi connectivity index (χ0v) is 17.8. The molecule has 0 spiro atoms. The van der Waals surface area contributed by atoms with Gasteiger partial charge < -0.3 is 11.5 Å². The highest BCUT2D eigenvalue weighted by Crippen LogP contribution is 2.20. The van der Waals surface area contributed by atoms with Crippen LogP contribution in [-0.2, 0) is 6.42 Å². The summed E-state index contributed by atoms with van der Waals surface area (Å²) in [5, 5.41) is 0.905. The lowest BCUT2D eigenvalue weighted by atomic mass is 10.2. The van der Waals surface area contributed by atoms with Crippen molar-refractivity contribution < 1.29 is 4.79 Å². The van der Waals surface area contributed by atoms with E-state index in [9.17, 15) is 9.59 Å². The number of hydrogen-bond donors (Lipinski definition) is 2. The van der Waals surface area contributed by atoms with Gasteiger partial charge in [0.15, 0.2) is 5.78 Å². The molecule has 0 aliphatic rings. The molecule has 0 saturated heterocycles. The van der Waals surface area contributed by atoms with Gasteiger partial charge in [0.2, 0.25) is 5.95 Å². The average molecular weight is 437 g/mol. The number of nitrogens with zero attached hydrogens (tertiary/aromatic N) is 4. The number of aromatic nitrogens is 4. The highest BCUT2D eigenvalue weighted by molar-refractivity contribution is 6.35. The topological polar surface area (TPSA) is 130 Å². The summed E-state index contributed by atoms with van der Waals surface area (Å²) in [5.41, 5.74) is 12.2. The molecule has 0 bridgehead atoms. The van der Waals surface area contributed by atoms with Gasteiger partial charge in [-0.15, -0.1) is 0 Å². The molecule has 158 valence electrons. The number of nitrogen functional groups attached to an aromatic ring is 2. The van der Waals surface area contributed by atoms with Gasteiger partial charge in [-0.1, -0.05) is 42.8 Å². The largest absolute Gasteiger partial charge is 0.383 e. The van der Waals surface area contributed by atoms with Crippen LogP contribution in [0.4, 0.5) is 11.8 Å². The normalized spacial score (nSPS) is 10.4. The molecule has 4 rings (SSSR count). The number of benzene rings is 2. The molecular formula is C22H21ClN6O2. The third-order valence-electron chi connectivity index (χ3n) is 4.46. The predicted octanol–water partition coefficient (Wildman–Crippen LogP) is 3.45. The summed E-state index contributed by atoms with van der Waals surface area (Å²) in [6.07, 6.45) is 1.99. The molecule has 31 heavy (non-hydrogen) atoms. The Morgan fingerprint density at radius 3 is 2.39 bits per heavy atom. The molecule has 0 atom stereocenters. The van der Waals surface area contributed by atoms with E-state index in [1.165, 1.54) is 13.1 Å². The van der Waals surface area contributed by atoms with Crippen LogP contribution in [0, 0.1) is 0 Å². The van der Waals surface area contributed by atoms with E-state index in [2.05, 4.69) is 15.0 Å². The maximum atomic E-state index is 12.8. The SMILES string of the molecule is CC(=O)c1cnc(N)nc1N.CCc1nc2cccc(Cl)c2c(=O)n1-c1ccccc1. The molecule has 2 aromatic heterocycles. The minimum atomic E-state index is -0.164. The molecule has 0 unspecified atom stereocenters. The first kappa shape index (κ1) is 21.9. The van der Waals surface area contributed by atoms with Gasteiger partial charge in [0.25, 0.3) is 5.56 Å². The lowest BCUT2D eigenvalue weighted by Gasteiger charge is -2.12. The van der Waals surface area contributed by atoms with E-state index in [0.29, 0.717) is 27.9 Å². The van der Waals surface area contributed by atoms with Gasteiger partial charge >= 0.3 is 0 Å². The minimum Gasteiger partial charge on any atom is -0.383 e. The van der Waals surface area contributed by atoms with Gasteiger partial charge in [-0.2, -0.15) is 4.98 Å². The number of halogens is 1. The number of Topliss-reactive ketones (excluding diaryl/α,β-unsaturated/α-hetero) is 1. The number of aryl methyl sites for hydroxylation is 1. The molecule has 0 aliphatic heterocycles. The molecule has 0 amide bonds. The minimum absolute atomic E-state index is 0.0764. The van der Waals surface area contributed by atoms with Crippen LogP contribution in [0.5, 0.6) is 0 Å². The second-order valence-electron chi connectivity index (χ2n) is 6.57. The van der Waals surface area contributed by atoms with Crippen LogP contribution in [0.2, 0.25) is 5.02 Å². The highest BCUT2D eigenvalue weighted by atomic mass is 35.5. The molecule has 0 aliphatic carbocycles. The highest BCUT2D eigenvalue weighted by Gasteiger charge is 2.13. The van der Waals surface area contributed by atoms with Gasteiger partial charge in [-0.3, -0.25) is 14.2 Å². The van der Waals surface area contributed by atoms with E-state index in [0.717, 1.165) is 11.5 Å². The van der Waals surface area contributed by atoms with Crippen molar-refractivity contribution in [1.82, 2.24) is 19.5 Å². The standard InChI is InChI=1S/C16H13ClN2O.C6H8N4O/c1-2-14-18-13-10-6-9-12(17)15(13)16(20)19(14)11-7-4-3-5-8-11;1-3(11)4-2-9-6(8)10-5(4)7/h3-10H,2H2,1H3;2H,1H3,(H4,7,8,9,10). The van der Waals surface area contributed by atoms with Crippen LogP contribution in [0.25, 0.3) is 16.6 Å². The van der Waals surface area contributed by atoms with Crippen molar-refractivity contribution in [2.75, 3.05) is 11.5 Å². The fraction of sp³-hybridized carbons (Fsp3) is 0.136. The fourth-order valence-corrected chi connectivity index (χ4v) is 3.25. The molecule has 8 nitrogen and oxygen atoms in total. The molecule has 0 fully saturated rings. The summed E-state index contributed by atoms with van der Waals surface area (Å²) < 4.78 is 1.63. The smallest absolute Gasteiger partial charge is 0.267 e. The summed E-state index contributed by atoms with van der Waals surface area (Å²) in [7, 11) is 0. The fourth-order valence-electron chi connectivity index (χ4n) is 3.00. The number of nitrogens with two attached hydrogens (primary N) is 2. The molecule has 4 N–H and O–H groups in total. The Hall–Kier alpha value is -3.78. The molecule has 9 heteroatoms. The number of fused-ring (bicyclic) bond motifs is 1. The molecule has 2 heterocycles. The van der Waals surface area contributed by atoms with Crippen LogP contribution >= 0.6 is 11.6 Å². The Balaban J connectivity index is 0.000000210. The Kier molecular flexibility index (Phi) is 6.61. The lowest BCUT2D eigenvalue weighted by molar-refractivity contribution is 0.101. The van der Waals surface area contributed by atoms with Crippen molar-refractivity contribution in [3.05, 3.63) is 81.5 Å². The second kappa shape index (κ2) is 9.36. The summed E-state index contributed by atoms with van der Waals surface area (Å²) in [4.78, 5) is 35.4. The number of ketones is 1. The van der Waals surface area contributed by atoms with Crippen molar-refractivity contribution in [3.8, 4) is 5.69 Å². The van der Waals surface area contributed by atoms with Crippen molar-refractivity contribution in [2.45, 2.75) is 20.3 Å². The Morgan fingerprint density at radius 1 is 1.06 bits per heavy atom. The first-order valence-electron chi connectivity index (χ1n) is 9.48. The Labute approximate surface area is 183 Å². The van der Waals surface area contributed by atoms with E-state index in [1.807, 2.05) is 49.4 Å². The van der Waals surface area contributed by atoms with Crippen LogP contribution < -0.4 is 17.0 Å². The second-order valence-corrected chi connectivity index (χ2v) is 6.98. The van der Waals surface area contributed by atoms with Crippen LogP contribution in [-0.4, -0.2) is 25.3 Å². The van der Waals surface area contributed by atoms with Crippen LogP contribution in [0.1, 0.15) is 30.0 Å². The zero-order valence-electron chi connectivity index (χ0n) is 17.0. The number of hydrogen-bond acceptors (Lipinski definition) is 7. The quantitative estimate of drug-likeness (QED) is 0.470. The number of rotatable bonds is 3. The molecular weight excluding hydrogens is 416 g/mol. The molecule has 4 aromatic rings. The Morgan fingerprint density at radius 2 is 1.77 bits per heavy atom.